The van der Waals surface area contributed by atoms with Crippen molar-refractivity contribution in [3.63, 3.8) is 0 Å². The average molecular weight is 447 g/mol. The Labute approximate surface area is 187 Å². The van der Waals surface area contributed by atoms with Gasteiger partial charge in [-0.25, -0.2) is 4.99 Å². The van der Waals surface area contributed by atoms with Crippen molar-refractivity contribution in [2.75, 3.05) is 14.1 Å². The highest BCUT2D eigenvalue weighted by atomic mass is 35.5. The number of nitrogens with one attached hydrogen (secondary N) is 1. The highest BCUT2D eigenvalue weighted by Crippen LogP contribution is 2.46. The molecule has 0 radical (unpaired) electrons. The maximum Gasteiger partial charge on any atom is 0.253 e. The smallest absolute Gasteiger partial charge is 0.253 e. The number of benzene rings is 1. The number of hydrogen-bond acceptors (Lipinski definition) is 5. The van der Waals surface area contributed by atoms with Gasteiger partial charge in [0.2, 0.25) is 5.91 Å². The lowest BCUT2D eigenvalue weighted by atomic mass is 9.93. The molecule has 160 valence electrons. The van der Waals surface area contributed by atoms with E-state index in [-0.39, 0.29) is 24.3 Å². The van der Waals surface area contributed by atoms with Crippen molar-refractivity contribution in [3.05, 3.63) is 57.2 Å². The van der Waals surface area contributed by atoms with E-state index in [0.717, 1.165) is 22.8 Å². The second kappa shape index (κ2) is 9.27. The number of carbonyl (C=O) groups excluding carboxylic acids is 2. The molecular formula is C22H27ClN4O2S. The number of carbonyl (C=O) groups is 2. The molecule has 0 aromatic heterocycles. The van der Waals surface area contributed by atoms with Crippen LogP contribution in [0.5, 0.6) is 0 Å². The summed E-state index contributed by atoms with van der Waals surface area (Å²) in [5.41, 5.74) is 2.84. The Morgan fingerprint density at radius 1 is 1.33 bits per heavy atom. The van der Waals surface area contributed by atoms with Gasteiger partial charge in [-0.15, -0.1) is 0 Å². The Bertz CT molecular complexity index is 954. The van der Waals surface area contributed by atoms with Crippen LogP contribution in [-0.4, -0.2) is 46.9 Å². The first-order valence-electron chi connectivity index (χ1n) is 9.94. The minimum absolute atomic E-state index is 0.0536. The third-order valence-electron chi connectivity index (χ3n) is 5.20. The molecule has 30 heavy (non-hydrogen) atoms. The monoisotopic (exact) mass is 446 g/mol. The Hall–Kier alpha value is -2.25. The molecule has 2 amide bonds. The van der Waals surface area contributed by atoms with E-state index in [4.69, 9.17) is 11.6 Å². The summed E-state index contributed by atoms with van der Waals surface area (Å²) in [4.78, 5) is 33.9. The fourth-order valence-corrected chi connectivity index (χ4v) is 4.67. The normalized spacial score (nSPS) is 19.1. The predicted octanol–water partition coefficient (Wildman–Crippen LogP) is 4.31. The maximum atomic E-state index is 13.1. The predicted molar refractivity (Wildman–Crippen MR) is 123 cm³/mol. The van der Waals surface area contributed by atoms with Crippen LogP contribution < -0.4 is 5.32 Å². The van der Waals surface area contributed by atoms with E-state index >= 15 is 0 Å². The fourth-order valence-electron chi connectivity index (χ4n) is 3.47. The van der Waals surface area contributed by atoms with Gasteiger partial charge in [0.05, 0.1) is 23.7 Å². The number of amidine groups is 1. The maximum absolute atomic E-state index is 13.1. The van der Waals surface area contributed by atoms with Crippen molar-refractivity contribution in [3.8, 4) is 0 Å². The quantitative estimate of drug-likeness (QED) is 0.707. The Kier molecular flexibility index (Phi) is 6.93. The first kappa shape index (κ1) is 22.4. The lowest BCUT2D eigenvalue weighted by Crippen LogP contribution is -2.40. The molecule has 0 bridgehead atoms. The molecule has 2 aliphatic rings. The van der Waals surface area contributed by atoms with Crippen LogP contribution in [0.3, 0.4) is 0 Å². The van der Waals surface area contributed by atoms with Gasteiger partial charge in [-0.1, -0.05) is 48.5 Å². The number of aliphatic imine (C=N–C) groups is 1. The molecule has 1 aromatic rings. The molecule has 2 aliphatic heterocycles. The number of nitrogens with zero attached hydrogens (tertiary/aromatic N) is 3. The summed E-state index contributed by atoms with van der Waals surface area (Å²) in [5.74, 6) is -0.178. The van der Waals surface area contributed by atoms with E-state index < -0.39 is 6.04 Å². The van der Waals surface area contributed by atoms with Crippen molar-refractivity contribution in [1.82, 2.24) is 15.1 Å². The molecule has 2 unspecified atom stereocenters. The highest BCUT2D eigenvalue weighted by molar-refractivity contribution is 8.16. The van der Waals surface area contributed by atoms with Crippen molar-refractivity contribution >= 4 is 40.3 Å². The SMILES string of the molecule is CCC(C)NC(=O)CC1=CSC2=NC(C)=C(C(=O)N(C)C)C(c3ccccc3Cl)N12. The van der Waals surface area contributed by atoms with Gasteiger partial charge in [-0.3, -0.25) is 9.59 Å². The molecule has 0 saturated heterocycles. The summed E-state index contributed by atoms with van der Waals surface area (Å²) < 4.78 is 0. The number of rotatable bonds is 6. The number of hydrogen-bond donors (Lipinski definition) is 1. The summed E-state index contributed by atoms with van der Waals surface area (Å²) in [6, 6.07) is 7.17. The van der Waals surface area contributed by atoms with E-state index in [0.29, 0.717) is 16.3 Å². The molecule has 0 aliphatic carbocycles. The first-order chi connectivity index (χ1) is 14.2. The topological polar surface area (TPSA) is 65.0 Å². The zero-order chi connectivity index (χ0) is 22.0. The van der Waals surface area contributed by atoms with Crippen LogP contribution >= 0.6 is 23.4 Å². The second-order valence-electron chi connectivity index (χ2n) is 7.67. The third-order valence-corrected chi connectivity index (χ3v) is 6.43. The zero-order valence-electron chi connectivity index (χ0n) is 17.9. The molecule has 2 heterocycles. The summed E-state index contributed by atoms with van der Waals surface area (Å²) >= 11 is 8.03. The van der Waals surface area contributed by atoms with Gasteiger partial charge in [0.25, 0.3) is 5.91 Å². The van der Waals surface area contributed by atoms with Crippen LogP contribution in [0, 0.1) is 0 Å². The van der Waals surface area contributed by atoms with Crippen molar-refractivity contribution in [2.24, 2.45) is 4.99 Å². The Balaban J connectivity index is 2.04. The lowest BCUT2D eigenvalue weighted by molar-refractivity contribution is -0.125. The largest absolute Gasteiger partial charge is 0.353 e. The Morgan fingerprint density at radius 2 is 2.03 bits per heavy atom. The highest BCUT2D eigenvalue weighted by Gasteiger charge is 2.41. The lowest BCUT2D eigenvalue weighted by Gasteiger charge is -2.37. The molecular weight excluding hydrogens is 420 g/mol. The van der Waals surface area contributed by atoms with E-state index in [1.54, 1.807) is 19.0 Å². The molecule has 0 saturated carbocycles. The minimum atomic E-state index is -0.446. The van der Waals surface area contributed by atoms with Gasteiger partial charge in [-0.2, -0.15) is 0 Å². The van der Waals surface area contributed by atoms with Crippen molar-refractivity contribution in [1.29, 1.82) is 0 Å². The van der Waals surface area contributed by atoms with Crippen LogP contribution in [0.2, 0.25) is 5.02 Å². The number of likely N-dealkylation sites (N-methyl/N-ethyl adjacent to an activating group) is 1. The molecule has 8 heteroatoms. The molecule has 0 spiro atoms. The molecule has 1 aromatic carbocycles. The van der Waals surface area contributed by atoms with E-state index in [2.05, 4.69) is 10.3 Å². The van der Waals surface area contributed by atoms with E-state index in [1.807, 2.05) is 55.3 Å². The van der Waals surface area contributed by atoms with Gasteiger partial charge < -0.3 is 15.1 Å². The van der Waals surface area contributed by atoms with Gasteiger partial charge >= 0.3 is 0 Å². The number of fused-ring (bicyclic) bond motifs is 1. The summed E-state index contributed by atoms with van der Waals surface area (Å²) in [6.07, 6.45) is 1.07. The summed E-state index contributed by atoms with van der Waals surface area (Å²) in [5, 5.41) is 6.27. The van der Waals surface area contributed by atoms with Crippen LogP contribution in [0.25, 0.3) is 0 Å². The number of halogens is 1. The number of allylic oxidation sites excluding steroid dienone is 1. The van der Waals surface area contributed by atoms with Crippen molar-refractivity contribution < 1.29 is 9.59 Å². The molecule has 0 fully saturated rings. The fraction of sp³-hybridized carbons (Fsp3) is 0.409. The summed E-state index contributed by atoms with van der Waals surface area (Å²) in [6.45, 7) is 5.86. The number of thioether (sulfide) groups is 1. The van der Waals surface area contributed by atoms with Crippen LogP contribution in [0.1, 0.15) is 45.2 Å². The van der Waals surface area contributed by atoms with E-state index in [9.17, 15) is 9.59 Å². The second-order valence-corrected chi connectivity index (χ2v) is 8.91. The zero-order valence-corrected chi connectivity index (χ0v) is 19.5. The average Bonchev–Trinajstić information content (AvgIpc) is 3.08. The minimum Gasteiger partial charge on any atom is -0.353 e. The van der Waals surface area contributed by atoms with Gasteiger partial charge in [0.15, 0.2) is 5.17 Å². The molecule has 3 rings (SSSR count). The Morgan fingerprint density at radius 3 is 2.67 bits per heavy atom. The first-order valence-corrected chi connectivity index (χ1v) is 11.2. The number of amides is 2. The van der Waals surface area contributed by atoms with Gasteiger partial charge in [0, 0.05) is 30.9 Å². The van der Waals surface area contributed by atoms with Gasteiger partial charge in [-0.05, 0) is 37.3 Å². The molecule has 1 N–H and O–H groups in total. The standard InChI is InChI=1S/C22H27ClN4O2S/c1-6-13(2)24-18(28)11-15-12-30-22-25-14(3)19(21(29)26(4)5)20(27(15)22)16-9-7-8-10-17(16)23/h7-10,12-13,20H,6,11H2,1-5H3,(H,24,28). The molecule has 2 atom stereocenters. The van der Waals surface area contributed by atoms with Crippen LogP contribution in [0.4, 0.5) is 0 Å². The van der Waals surface area contributed by atoms with Crippen LogP contribution in [0.15, 0.2) is 51.6 Å². The van der Waals surface area contributed by atoms with Crippen LogP contribution in [-0.2, 0) is 9.59 Å². The summed E-state index contributed by atoms with van der Waals surface area (Å²) in [7, 11) is 3.45. The van der Waals surface area contributed by atoms with Gasteiger partial charge in [0.1, 0.15) is 0 Å². The van der Waals surface area contributed by atoms with Crippen molar-refractivity contribution in [2.45, 2.75) is 45.7 Å². The molecule has 6 nitrogen and oxygen atoms in total. The van der Waals surface area contributed by atoms with E-state index in [1.165, 1.54) is 11.8 Å². The third kappa shape index (κ3) is 4.42.